The molecule has 1 aliphatic heterocycles. The van der Waals surface area contributed by atoms with Crippen molar-refractivity contribution in [1.82, 2.24) is 4.57 Å². The number of fused-ring (bicyclic) bond motifs is 1. The second kappa shape index (κ2) is 9.13. The van der Waals surface area contributed by atoms with Crippen LogP contribution in [0.25, 0.3) is 0 Å². The molecule has 2 aromatic carbocycles. The van der Waals surface area contributed by atoms with Gasteiger partial charge in [0.05, 0.1) is 25.7 Å². The van der Waals surface area contributed by atoms with E-state index in [-0.39, 0.29) is 17.0 Å². The first-order valence-corrected chi connectivity index (χ1v) is 10.6. The number of nitriles is 1. The first-order chi connectivity index (χ1) is 16.0. The van der Waals surface area contributed by atoms with E-state index in [1.54, 1.807) is 35.9 Å². The molecule has 7 nitrogen and oxygen atoms in total. The first-order valence-electron chi connectivity index (χ1n) is 10.6. The summed E-state index contributed by atoms with van der Waals surface area (Å²) in [4.78, 5) is 13.8. The van der Waals surface area contributed by atoms with Crippen molar-refractivity contribution < 1.29 is 14.2 Å². The molecule has 33 heavy (non-hydrogen) atoms. The average molecular weight is 444 g/mol. The molecule has 0 saturated carbocycles. The zero-order valence-electron chi connectivity index (χ0n) is 18.8. The van der Waals surface area contributed by atoms with Crippen LogP contribution in [0.3, 0.4) is 0 Å². The summed E-state index contributed by atoms with van der Waals surface area (Å²) in [7, 11) is 3.09. The van der Waals surface area contributed by atoms with Crippen molar-refractivity contribution in [3.8, 4) is 23.3 Å². The lowest BCUT2D eigenvalue weighted by atomic mass is 9.83. The minimum absolute atomic E-state index is 0.0271. The van der Waals surface area contributed by atoms with Gasteiger partial charge in [-0.3, -0.25) is 4.79 Å². The van der Waals surface area contributed by atoms with E-state index in [1.165, 1.54) is 7.11 Å². The Hall–Kier alpha value is -4.18. The number of rotatable bonds is 6. The van der Waals surface area contributed by atoms with Crippen molar-refractivity contribution in [2.45, 2.75) is 25.8 Å². The number of allylic oxidation sites excluding steroid dienone is 1. The molecule has 0 unspecified atom stereocenters. The van der Waals surface area contributed by atoms with E-state index in [1.807, 2.05) is 37.3 Å². The lowest BCUT2D eigenvalue weighted by Gasteiger charge is -2.28. The number of nitrogens with two attached hydrogens (primary N) is 1. The number of benzene rings is 2. The van der Waals surface area contributed by atoms with Crippen molar-refractivity contribution in [1.29, 1.82) is 5.26 Å². The van der Waals surface area contributed by atoms with E-state index in [9.17, 15) is 10.1 Å². The molecule has 168 valence electrons. The van der Waals surface area contributed by atoms with Crippen molar-refractivity contribution >= 4 is 0 Å². The maximum absolute atomic E-state index is 13.8. The fraction of sp³-hybridized carbons (Fsp3) is 0.231. The Labute approximate surface area is 192 Å². The zero-order valence-corrected chi connectivity index (χ0v) is 18.8. The Balaban J connectivity index is 1.89. The van der Waals surface area contributed by atoms with Gasteiger partial charge in [-0.2, -0.15) is 5.26 Å². The summed E-state index contributed by atoms with van der Waals surface area (Å²) in [5.74, 6) is 0.664. The average Bonchev–Trinajstić information content (AvgIpc) is 2.83. The predicted octanol–water partition coefficient (Wildman–Crippen LogP) is 3.63. The highest BCUT2D eigenvalue weighted by Gasteiger charge is 2.36. The predicted molar refractivity (Wildman–Crippen MR) is 124 cm³/mol. The van der Waals surface area contributed by atoms with Gasteiger partial charge in [0.2, 0.25) is 5.88 Å². The van der Waals surface area contributed by atoms with Crippen LogP contribution in [0.15, 0.2) is 70.8 Å². The highest BCUT2D eigenvalue weighted by atomic mass is 16.5. The molecular formula is C26H25N3O4. The Morgan fingerprint density at radius 3 is 2.55 bits per heavy atom. The third-order valence-corrected chi connectivity index (χ3v) is 5.90. The molecule has 1 aliphatic rings. The van der Waals surface area contributed by atoms with Crippen LogP contribution in [0, 0.1) is 18.3 Å². The van der Waals surface area contributed by atoms with Gasteiger partial charge in [0.1, 0.15) is 28.9 Å². The smallest absolute Gasteiger partial charge is 0.258 e. The Kier molecular flexibility index (Phi) is 6.09. The van der Waals surface area contributed by atoms with Gasteiger partial charge in [0.15, 0.2) is 0 Å². The fourth-order valence-electron chi connectivity index (χ4n) is 4.23. The van der Waals surface area contributed by atoms with Crippen molar-refractivity contribution in [3.63, 3.8) is 0 Å². The van der Waals surface area contributed by atoms with Crippen molar-refractivity contribution in [2.75, 3.05) is 14.2 Å². The molecule has 0 aliphatic carbocycles. The Morgan fingerprint density at radius 2 is 1.88 bits per heavy atom. The summed E-state index contributed by atoms with van der Waals surface area (Å²) in [5.41, 5.74) is 8.89. The summed E-state index contributed by atoms with van der Waals surface area (Å²) in [6.45, 7) is 2.35. The molecule has 1 aromatic heterocycles. The Morgan fingerprint density at radius 1 is 1.12 bits per heavy atom. The molecule has 0 fully saturated rings. The lowest BCUT2D eigenvalue weighted by Crippen LogP contribution is -2.33. The van der Waals surface area contributed by atoms with Gasteiger partial charge in [0, 0.05) is 23.9 Å². The van der Waals surface area contributed by atoms with E-state index in [0.717, 1.165) is 11.3 Å². The topological polar surface area (TPSA) is 99.5 Å². The number of aryl methyl sites for hydroxylation is 2. The van der Waals surface area contributed by atoms with Crippen LogP contribution in [-0.4, -0.2) is 18.8 Å². The maximum Gasteiger partial charge on any atom is 0.258 e. The summed E-state index contributed by atoms with van der Waals surface area (Å²) in [5, 5.41) is 9.93. The number of pyridine rings is 1. The molecule has 0 spiro atoms. The zero-order chi connectivity index (χ0) is 23.5. The van der Waals surface area contributed by atoms with E-state index in [2.05, 4.69) is 6.07 Å². The quantitative estimate of drug-likeness (QED) is 0.625. The number of methoxy groups -OCH3 is 2. The van der Waals surface area contributed by atoms with Gasteiger partial charge in [-0.05, 0) is 37.1 Å². The van der Waals surface area contributed by atoms with E-state index >= 15 is 0 Å². The molecule has 2 heterocycles. The number of aromatic nitrogens is 1. The molecule has 0 saturated heterocycles. The molecule has 2 N–H and O–H groups in total. The van der Waals surface area contributed by atoms with E-state index < -0.39 is 5.92 Å². The van der Waals surface area contributed by atoms with Gasteiger partial charge in [0.25, 0.3) is 5.56 Å². The summed E-state index contributed by atoms with van der Waals surface area (Å²) in [6, 6.07) is 19.2. The van der Waals surface area contributed by atoms with Crippen LogP contribution < -0.4 is 25.5 Å². The maximum atomic E-state index is 13.8. The highest BCUT2D eigenvalue weighted by Crippen LogP contribution is 2.44. The summed E-state index contributed by atoms with van der Waals surface area (Å²) >= 11 is 0. The van der Waals surface area contributed by atoms with E-state index in [4.69, 9.17) is 19.9 Å². The largest absolute Gasteiger partial charge is 0.497 e. The van der Waals surface area contributed by atoms with Crippen LogP contribution in [0.4, 0.5) is 0 Å². The van der Waals surface area contributed by atoms with Crippen molar-refractivity contribution in [3.05, 3.63) is 98.8 Å². The van der Waals surface area contributed by atoms with Crippen LogP contribution in [0.1, 0.15) is 28.3 Å². The van der Waals surface area contributed by atoms with Crippen LogP contribution >= 0.6 is 0 Å². The third kappa shape index (κ3) is 4.03. The number of nitrogens with zero attached hydrogens (tertiary/aromatic N) is 2. The lowest BCUT2D eigenvalue weighted by molar-refractivity contribution is 0.379. The molecule has 4 rings (SSSR count). The van der Waals surface area contributed by atoms with Crippen molar-refractivity contribution in [2.24, 2.45) is 5.73 Å². The number of ether oxygens (including phenoxy) is 3. The summed E-state index contributed by atoms with van der Waals surface area (Å²) in [6.07, 6.45) is 0.692. The Bertz CT molecular complexity index is 1320. The molecule has 0 radical (unpaired) electrons. The van der Waals surface area contributed by atoms with Gasteiger partial charge >= 0.3 is 0 Å². The van der Waals surface area contributed by atoms with Gasteiger partial charge in [-0.25, -0.2) is 0 Å². The minimum Gasteiger partial charge on any atom is -0.497 e. The SMILES string of the molecule is COc1ccc(OC)c([C@@H]2C(C#N)=C(N)Oc3cc(C)n(CCc4ccccc4)c(=O)c32)c1. The normalized spacial score (nSPS) is 14.8. The number of hydrogen-bond acceptors (Lipinski definition) is 6. The third-order valence-electron chi connectivity index (χ3n) is 5.90. The van der Waals surface area contributed by atoms with Crippen LogP contribution in [0.2, 0.25) is 0 Å². The molecule has 3 aromatic rings. The number of hydrogen-bond donors (Lipinski definition) is 1. The second-order valence-corrected chi connectivity index (χ2v) is 7.79. The summed E-state index contributed by atoms with van der Waals surface area (Å²) < 4.78 is 18.4. The van der Waals surface area contributed by atoms with Gasteiger partial charge in [-0.15, -0.1) is 0 Å². The molecule has 7 heteroatoms. The molecule has 1 atom stereocenters. The molecule has 0 amide bonds. The molecular weight excluding hydrogens is 418 g/mol. The van der Waals surface area contributed by atoms with Crippen LogP contribution in [0.5, 0.6) is 17.2 Å². The van der Waals surface area contributed by atoms with Gasteiger partial charge in [-0.1, -0.05) is 30.3 Å². The highest BCUT2D eigenvalue weighted by molar-refractivity contribution is 5.59. The van der Waals surface area contributed by atoms with Crippen LogP contribution in [-0.2, 0) is 13.0 Å². The minimum atomic E-state index is -0.750. The standard InChI is InChI=1S/C26H25N3O4/c1-16-13-22-24(26(30)29(16)12-11-17-7-5-4-6-8-17)23(20(15-27)25(28)33-22)19-14-18(31-2)9-10-21(19)32-3/h4-10,13-14,23H,11-12,28H2,1-3H3/t23-/m1/s1. The van der Waals surface area contributed by atoms with E-state index in [0.29, 0.717) is 41.3 Å². The fourth-order valence-corrected chi connectivity index (χ4v) is 4.23. The first kappa shape index (κ1) is 22.0. The monoisotopic (exact) mass is 443 g/mol. The van der Waals surface area contributed by atoms with Gasteiger partial charge < -0.3 is 24.5 Å². The second-order valence-electron chi connectivity index (χ2n) is 7.79. The molecule has 0 bridgehead atoms.